The number of aliphatic imine (C=N–C) groups is 1. The molecule has 92 heavy (non-hydrogen) atoms. The van der Waals surface area contributed by atoms with Crippen LogP contribution in [0.1, 0.15) is 136 Å². The fourth-order valence-corrected chi connectivity index (χ4v) is 13.1. The Morgan fingerprint density at radius 3 is 1.48 bits per heavy atom. The number of fused-ring (bicyclic) bond motifs is 4. The first-order valence-electron chi connectivity index (χ1n) is 31.9. The molecule has 0 unspecified atom stereocenters. The van der Waals surface area contributed by atoms with Crippen LogP contribution >= 0.6 is 0 Å². The molecule has 27 heteroatoms. The number of carbonyl (C=O) groups is 13. The number of esters is 2. The highest BCUT2D eigenvalue weighted by Crippen LogP contribution is 2.40. The molecule has 10 amide bonds. The predicted molar refractivity (Wildman–Crippen MR) is 335 cm³/mol. The maximum Gasteiger partial charge on any atom is 0.329 e. The third kappa shape index (κ3) is 14.2. The minimum absolute atomic E-state index is 0.0234. The maximum absolute atomic E-state index is 15.3. The lowest BCUT2D eigenvalue weighted by Gasteiger charge is -2.38. The fourth-order valence-electron chi connectivity index (χ4n) is 13.1. The van der Waals surface area contributed by atoms with Gasteiger partial charge in [-0.15, -0.1) is 0 Å². The quantitative estimate of drug-likeness (QED) is 0.162. The molecule has 5 heterocycles. The molecule has 0 bridgehead atoms. The SMILES string of the molecule is CC[C@@H](C)[C@H]1NC(=O)[C@@H]2CCCN2C(=O)CN(C)C(=O)[C@H](C(C)C)N(C)C(=O)[C@@H](NC(=O)C2=C(N)C(=O)C(C)=C3Cc4c(C)ccc(C(=O)N[C@@H]5C(=O)N(C)[C@@H](C(C)C)C(=O)N(C)CC(=O)N6CCC[C@H]6C(=O)N[C@H]([C@@H](C)CC)C(=O)O[C@@H]5C)c4N=C32)[C@@H](C)OC1=O. The van der Waals surface area contributed by atoms with Crippen LogP contribution < -0.4 is 27.0 Å². The van der Waals surface area contributed by atoms with Gasteiger partial charge in [-0.05, 0) is 99.8 Å². The van der Waals surface area contributed by atoms with Crippen LogP contribution in [-0.2, 0) is 73.4 Å². The molecule has 0 aromatic heterocycles. The summed E-state index contributed by atoms with van der Waals surface area (Å²) in [5.41, 5.74) is 6.51. The fraction of sp³-hybridized carbons (Fsp3) is 0.631. The largest absolute Gasteiger partial charge is 0.458 e. The van der Waals surface area contributed by atoms with Gasteiger partial charge in [0.15, 0.2) is 0 Å². The highest BCUT2D eigenvalue weighted by Gasteiger charge is 2.47. The van der Waals surface area contributed by atoms with Gasteiger partial charge in [-0.3, -0.25) is 52.7 Å². The first-order chi connectivity index (χ1) is 43.2. The van der Waals surface area contributed by atoms with Crippen molar-refractivity contribution < 1.29 is 71.8 Å². The van der Waals surface area contributed by atoms with Crippen molar-refractivity contribution in [1.29, 1.82) is 0 Å². The van der Waals surface area contributed by atoms with Gasteiger partial charge >= 0.3 is 11.9 Å². The molecule has 1 aromatic carbocycles. The van der Waals surface area contributed by atoms with Gasteiger partial charge in [0.2, 0.25) is 53.0 Å². The molecule has 0 radical (unpaired) electrons. The van der Waals surface area contributed by atoms with Crippen LogP contribution in [0.2, 0.25) is 0 Å². The molecule has 6 N–H and O–H groups in total. The van der Waals surface area contributed by atoms with Crippen molar-refractivity contribution in [1.82, 2.24) is 50.7 Å². The molecule has 6 aliphatic rings. The molecule has 1 aliphatic carbocycles. The number of carbonyl (C=O) groups excluding carboxylic acids is 13. The summed E-state index contributed by atoms with van der Waals surface area (Å²) in [6.07, 6.45) is -0.764. The summed E-state index contributed by atoms with van der Waals surface area (Å²) in [6.45, 7) is 19.4. The van der Waals surface area contributed by atoms with E-state index in [1.807, 2.05) is 6.92 Å². The van der Waals surface area contributed by atoms with Crippen LogP contribution in [0.15, 0.2) is 39.5 Å². The van der Waals surface area contributed by atoms with Crippen LogP contribution in [0, 0.1) is 30.6 Å². The number of hydrogen-bond donors (Lipinski definition) is 5. The first-order valence-corrected chi connectivity index (χ1v) is 31.9. The summed E-state index contributed by atoms with van der Waals surface area (Å²) in [4.78, 5) is 201. The third-order valence-electron chi connectivity index (χ3n) is 19.1. The second kappa shape index (κ2) is 29.0. The lowest BCUT2D eigenvalue weighted by atomic mass is 9.80. The monoisotopic (exact) mass is 1280 g/mol. The van der Waals surface area contributed by atoms with Gasteiger partial charge in [0.05, 0.1) is 41.3 Å². The van der Waals surface area contributed by atoms with Gasteiger partial charge in [0.25, 0.3) is 11.8 Å². The minimum Gasteiger partial charge on any atom is -0.458 e. The van der Waals surface area contributed by atoms with E-state index in [9.17, 15) is 43.2 Å². The molecular weight excluding hydrogens is 1190 g/mol. The summed E-state index contributed by atoms with van der Waals surface area (Å²) in [6, 6.07) is -7.45. The number of likely N-dealkylation sites (N-methyl/N-ethyl adjacent to an activating group) is 4. The number of ketones is 1. The molecule has 0 spiro atoms. The Labute approximate surface area is 537 Å². The average Bonchev–Trinajstić information content (AvgIpc) is 0.848. The highest BCUT2D eigenvalue weighted by atomic mass is 16.6. The number of Topliss-reactive ketones (excluding diaryl/α,β-unsaturated/α-hetero) is 1. The zero-order valence-electron chi connectivity index (χ0n) is 55.8. The number of nitrogens with zero attached hydrogens (tertiary/aromatic N) is 7. The molecule has 0 saturated carbocycles. The van der Waals surface area contributed by atoms with Crippen LogP contribution in [0.25, 0.3) is 0 Å². The summed E-state index contributed by atoms with van der Waals surface area (Å²) < 4.78 is 12.1. The molecule has 12 atom stereocenters. The van der Waals surface area contributed by atoms with Gasteiger partial charge in [0.1, 0.15) is 60.5 Å². The van der Waals surface area contributed by atoms with Crippen molar-refractivity contribution >= 4 is 88.2 Å². The van der Waals surface area contributed by atoms with Gasteiger partial charge in [0, 0.05) is 53.3 Å². The Bertz CT molecular complexity index is 3300. The molecule has 4 fully saturated rings. The number of allylic oxidation sites excluding steroid dienone is 2. The third-order valence-corrected chi connectivity index (χ3v) is 19.1. The number of ether oxygens (including phenoxy) is 2. The number of cyclic esters (lactones) is 2. The van der Waals surface area contributed by atoms with Crippen molar-refractivity contribution in [2.24, 2.45) is 34.4 Å². The van der Waals surface area contributed by atoms with Crippen molar-refractivity contribution in [3.63, 3.8) is 0 Å². The summed E-state index contributed by atoms with van der Waals surface area (Å²) in [5.74, 6) is -12.3. The molecule has 502 valence electrons. The normalized spacial score (nSPS) is 27.9. The zero-order valence-corrected chi connectivity index (χ0v) is 55.8. The number of benzene rings is 1. The second-order valence-electron chi connectivity index (χ2n) is 26.2. The van der Waals surface area contributed by atoms with Gasteiger partial charge in [-0.2, -0.15) is 0 Å². The van der Waals surface area contributed by atoms with E-state index in [4.69, 9.17) is 20.2 Å². The Kier molecular flexibility index (Phi) is 22.3. The molecule has 27 nitrogen and oxygen atoms in total. The van der Waals surface area contributed by atoms with E-state index in [2.05, 4.69) is 21.3 Å². The van der Waals surface area contributed by atoms with E-state index >= 15 is 19.2 Å². The summed E-state index contributed by atoms with van der Waals surface area (Å²) in [5, 5.41) is 11.0. The van der Waals surface area contributed by atoms with E-state index in [0.29, 0.717) is 49.7 Å². The number of amides is 10. The van der Waals surface area contributed by atoms with Gasteiger partial charge < -0.3 is 65.9 Å². The number of hydrogen-bond acceptors (Lipinski definition) is 17. The summed E-state index contributed by atoms with van der Waals surface area (Å²) >= 11 is 0. The Morgan fingerprint density at radius 2 is 1.07 bits per heavy atom. The van der Waals surface area contributed by atoms with E-state index in [0.717, 1.165) is 14.7 Å². The van der Waals surface area contributed by atoms with Crippen molar-refractivity contribution in [3.05, 3.63) is 51.2 Å². The van der Waals surface area contributed by atoms with Crippen LogP contribution in [-0.4, -0.2) is 227 Å². The number of nitrogens with two attached hydrogens (primary N) is 1. The van der Waals surface area contributed by atoms with Crippen LogP contribution in [0.4, 0.5) is 5.69 Å². The molecule has 7 rings (SSSR count). The molecule has 4 saturated heterocycles. The summed E-state index contributed by atoms with van der Waals surface area (Å²) in [7, 11) is 5.50. The second-order valence-corrected chi connectivity index (χ2v) is 26.2. The number of rotatable bonds is 10. The highest BCUT2D eigenvalue weighted by molar-refractivity contribution is 6.38. The predicted octanol–water partition coefficient (Wildman–Crippen LogP) is 1.14. The van der Waals surface area contributed by atoms with E-state index in [1.165, 1.54) is 69.7 Å². The Hall–Kier alpha value is -8.52. The zero-order chi connectivity index (χ0) is 68.4. The van der Waals surface area contributed by atoms with E-state index in [1.54, 1.807) is 61.5 Å². The first kappa shape index (κ1) is 70.9. The number of nitrogens with one attached hydrogen (secondary N) is 4. The lowest BCUT2D eigenvalue weighted by Crippen LogP contribution is -2.61. The van der Waals surface area contributed by atoms with Crippen molar-refractivity contribution in [3.8, 4) is 0 Å². The lowest BCUT2D eigenvalue weighted by molar-refractivity contribution is -0.161. The van der Waals surface area contributed by atoms with Gasteiger partial charge in [-0.25, -0.2) is 14.6 Å². The van der Waals surface area contributed by atoms with E-state index in [-0.39, 0.29) is 47.6 Å². The van der Waals surface area contributed by atoms with Crippen molar-refractivity contribution in [2.75, 3.05) is 54.4 Å². The topological polar surface area (TPSA) is 346 Å². The molecular formula is C65H92N12O15. The maximum atomic E-state index is 15.3. The standard InChI is InChI=1S/C65H92N12O15/c1-17-32(7)47-64(89)91-36(11)49(60(85)74(15)53(30(3)4)62(87)72(13)28-43(78)76-25-19-21-41(76)57(82)68-47)70-56(81)38-24-23-34(9)39-27-40-35(10)55(80)46(66)45(52(40)67-51(38)39)59(84)71-50-37(12)92-65(90)48(33(8)18-2)69-58(83)42-22-20-26-77(42)44(79)29-73(14)63(88)54(31(5)6)75(16)61(50)86/h23-24,30-33,36-37,41-42,47-50,53-54H,17-22,25-29,66H2,1-16H3,(H,68,82)(H,69,83)(H,70,81)(H,71,84)/t32-,33+,36+,37+,41-,42-,47+,48+,49-,50-,53-,54-/m0/s1. The van der Waals surface area contributed by atoms with Gasteiger partial charge in [-0.1, -0.05) is 74.3 Å². The van der Waals surface area contributed by atoms with Crippen LogP contribution in [0.5, 0.6) is 0 Å². The Morgan fingerprint density at radius 1 is 0.641 bits per heavy atom. The minimum atomic E-state index is -1.83. The molecule has 1 aromatic rings. The smallest absolute Gasteiger partial charge is 0.329 e. The Balaban J connectivity index is 1.29. The van der Waals surface area contributed by atoms with E-state index < -0.39 is 185 Å². The average molecular weight is 1280 g/mol. The van der Waals surface area contributed by atoms with Crippen molar-refractivity contribution in [2.45, 2.75) is 189 Å². The molecule has 5 aliphatic heterocycles. The van der Waals surface area contributed by atoms with Crippen LogP contribution in [0.3, 0.4) is 0 Å². The number of aryl methyl sites for hydroxylation is 1.